The summed E-state index contributed by atoms with van der Waals surface area (Å²) in [4.78, 5) is 17.2. The Hall–Kier alpha value is -3.39. The number of aromatic nitrogens is 1. The lowest BCUT2D eigenvalue weighted by atomic mass is 10.0. The maximum atomic E-state index is 13.1. The maximum Gasteiger partial charge on any atom is 0.263 e. The van der Waals surface area contributed by atoms with E-state index in [9.17, 15) is 13.2 Å². The Kier molecular flexibility index (Phi) is 6.91. The van der Waals surface area contributed by atoms with E-state index in [1.807, 2.05) is 37.3 Å². The van der Waals surface area contributed by atoms with Gasteiger partial charge in [0.15, 0.2) is 0 Å². The van der Waals surface area contributed by atoms with Crippen molar-refractivity contribution in [2.24, 2.45) is 0 Å². The van der Waals surface area contributed by atoms with Gasteiger partial charge in [0.25, 0.3) is 15.9 Å². The Balaban J connectivity index is 0.00000363. The average Bonchev–Trinajstić information content (AvgIpc) is 2.78. The standard InChI is InChI=1S/C23H25N3O4S.H2/c1-4-21(17-8-6-5-7-9-17)25-23(27)20-14-18(30-3)11-13-22(20)26-31(28,29)19-12-10-16(2)24-15-19;/h5-15,21,26H,4H2,1-3H3,(H,25,27);1H/t21-;/m0./s1. The van der Waals surface area contributed by atoms with E-state index in [1.165, 1.54) is 31.5 Å². The zero-order valence-corrected chi connectivity index (χ0v) is 18.4. The van der Waals surface area contributed by atoms with Crippen LogP contribution in [0.2, 0.25) is 0 Å². The monoisotopic (exact) mass is 441 g/mol. The quantitative estimate of drug-likeness (QED) is 0.542. The Morgan fingerprint density at radius 2 is 1.87 bits per heavy atom. The number of nitrogens with one attached hydrogen (secondary N) is 2. The minimum absolute atomic E-state index is 0. The van der Waals surface area contributed by atoms with Gasteiger partial charge in [-0.15, -0.1) is 0 Å². The van der Waals surface area contributed by atoms with Crippen molar-refractivity contribution in [2.45, 2.75) is 31.2 Å². The smallest absolute Gasteiger partial charge is 0.263 e. The van der Waals surface area contributed by atoms with Crippen LogP contribution in [0.1, 0.15) is 42.4 Å². The molecule has 1 atom stereocenters. The number of hydrogen-bond donors (Lipinski definition) is 2. The highest BCUT2D eigenvalue weighted by Crippen LogP contribution is 2.26. The topological polar surface area (TPSA) is 97.4 Å². The van der Waals surface area contributed by atoms with Gasteiger partial charge in [0, 0.05) is 13.3 Å². The van der Waals surface area contributed by atoms with Gasteiger partial charge in [0.2, 0.25) is 0 Å². The summed E-state index contributed by atoms with van der Waals surface area (Å²) in [5.41, 5.74) is 1.99. The van der Waals surface area contributed by atoms with Gasteiger partial charge >= 0.3 is 0 Å². The van der Waals surface area contributed by atoms with Crippen LogP contribution in [0.3, 0.4) is 0 Å². The number of pyridine rings is 1. The van der Waals surface area contributed by atoms with Crippen molar-refractivity contribution in [1.82, 2.24) is 10.3 Å². The van der Waals surface area contributed by atoms with Crippen LogP contribution in [0, 0.1) is 6.92 Å². The highest BCUT2D eigenvalue weighted by atomic mass is 32.2. The second-order valence-electron chi connectivity index (χ2n) is 7.00. The van der Waals surface area contributed by atoms with Crippen molar-refractivity contribution < 1.29 is 19.4 Å². The summed E-state index contributed by atoms with van der Waals surface area (Å²) < 4.78 is 33.4. The van der Waals surface area contributed by atoms with E-state index in [4.69, 9.17) is 4.74 Å². The molecule has 0 unspecified atom stereocenters. The number of anilines is 1. The molecule has 2 N–H and O–H groups in total. The first-order valence-corrected chi connectivity index (χ1v) is 11.3. The van der Waals surface area contributed by atoms with Crippen LogP contribution in [0.15, 0.2) is 71.8 Å². The Bertz CT molecular complexity index is 1150. The van der Waals surface area contributed by atoms with E-state index in [1.54, 1.807) is 19.1 Å². The van der Waals surface area contributed by atoms with Crippen LogP contribution < -0.4 is 14.8 Å². The Labute approximate surface area is 184 Å². The number of methoxy groups -OCH3 is 1. The molecule has 0 saturated heterocycles. The summed E-state index contributed by atoms with van der Waals surface area (Å²) in [6.07, 6.45) is 1.96. The number of hydrogen-bond acceptors (Lipinski definition) is 5. The summed E-state index contributed by atoms with van der Waals surface area (Å²) in [5, 5.41) is 2.98. The Morgan fingerprint density at radius 3 is 2.48 bits per heavy atom. The fourth-order valence-corrected chi connectivity index (χ4v) is 4.11. The number of sulfonamides is 1. The van der Waals surface area contributed by atoms with E-state index in [0.29, 0.717) is 17.9 Å². The lowest BCUT2D eigenvalue weighted by molar-refractivity contribution is 0.0936. The van der Waals surface area contributed by atoms with Crippen LogP contribution in [-0.4, -0.2) is 26.4 Å². The van der Waals surface area contributed by atoms with E-state index in [2.05, 4.69) is 15.0 Å². The number of aryl methyl sites for hydroxylation is 1. The summed E-state index contributed by atoms with van der Waals surface area (Å²) in [6.45, 7) is 3.74. The molecular formula is C23H27N3O4S. The van der Waals surface area contributed by atoms with Gasteiger partial charge in [-0.25, -0.2) is 8.42 Å². The number of benzene rings is 2. The molecule has 0 saturated carbocycles. The highest BCUT2D eigenvalue weighted by molar-refractivity contribution is 7.92. The van der Waals surface area contributed by atoms with Gasteiger partial charge in [-0.2, -0.15) is 0 Å². The van der Waals surface area contributed by atoms with Crippen molar-refractivity contribution in [1.29, 1.82) is 0 Å². The van der Waals surface area contributed by atoms with E-state index < -0.39 is 15.9 Å². The number of carbonyl (C=O) groups is 1. The molecule has 0 bridgehead atoms. The number of carbonyl (C=O) groups excluding carboxylic acids is 1. The van der Waals surface area contributed by atoms with E-state index >= 15 is 0 Å². The molecular weight excluding hydrogens is 414 g/mol. The molecule has 0 fully saturated rings. The number of rotatable bonds is 8. The average molecular weight is 442 g/mol. The lowest BCUT2D eigenvalue weighted by Gasteiger charge is -2.19. The third-order valence-corrected chi connectivity index (χ3v) is 6.18. The second kappa shape index (κ2) is 9.61. The first-order chi connectivity index (χ1) is 14.8. The molecule has 3 aromatic rings. The first kappa shape index (κ1) is 22.3. The molecule has 8 heteroatoms. The molecule has 31 heavy (non-hydrogen) atoms. The normalized spacial score (nSPS) is 12.1. The second-order valence-corrected chi connectivity index (χ2v) is 8.68. The van der Waals surface area contributed by atoms with Crippen LogP contribution in [-0.2, 0) is 10.0 Å². The number of amides is 1. The van der Waals surface area contributed by atoms with Gasteiger partial charge in [0.05, 0.1) is 24.4 Å². The van der Waals surface area contributed by atoms with E-state index in [-0.39, 0.29) is 23.6 Å². The van der Waals surface area contributed by atoms with Crippen molar-refractivity contribution in [3.63, 3.8) is 0 Å². The van der Waals surface area contributed by atoms with E-state index in [0.717, 1.165) is 5.56 Å². The largest absolute Gasteiger partial charge is 0.497 e. The van der Waals surface area contributed by atoms with Crippen molar-refractivity contribution in [3.05, 3.63) is 83.7 Å². The zero-order valence-electron chi connectivity index (χ0n) is 17.6. The van der Waals surface area contributed by atoms with Gasteiger partial charge in [-0.1, -0.05) is 37.3 Å². The first-order valence-electron chi connectivity index (χ1n) is 9.83. The maximum absolute atomic E-state index is 13.1. The Morgan fingerprint density at radius 1 is 1.13 bits per heavy atom. The van der Waals surface area contributed by atoms with Crippen LogP contribution in [0.25, 0.3) is 0 Å². The molecule has 164 valence electrons. The molecule has 0 aliphatic rings. The predicted octanol–water partition coefficient (Wildman–Crippen LogP) is 4.33. The fourth-order valence-electron chi connectivity index (χ4n) is 3.09. The van der Waals surface area contributed by atoms with Gasteiger partial charge in [-0.05, 0) is 49.2 Å². The van der Waals surface area contributed by atoms with Crippen LogP contribution in [0.4, 0.5) is 5.69 Å². The molecule has 1 heterocycles. The SMILES string of the molecule is CC[C@H](NC(=O)c1cc(OC)ccc1NS(=O)(=O)c1ccc(C)nc1)c1ccccc1.[HH]. The van der Waals surface area contributed by atoms with Crippen molar-refractivity contribution in [3.8, 4) is 5.75 Å². The molecule has 1 amide bonds. The zero-order chi connectivity index (χ0) is 22.4. The molecule has 0 spiro atoms. The third-order valence-electron chi connectivity index (χ3n) is 4.83. The summed E-state index contributed by atoms with van der Waals surface area (Å²) in [5.74, 6) is 0.0344. The molecule has 7 nitrogen and oxygen atoms in total. The number of ether oxygens (including phenoxy) is 1. The fraction of sp³-hybridized carbons (Fsp3) is 0.217. The van der Waals surface area contributed by atoms with Crippen LogP contribution >= 0.6 is 0 Å². The minimum Gasteiger partial charge on any atom is -0.497 e. The number of nitrogens with zero attached hydrogens (tertiary/aromatic N) is 1. The molecule has 3 rings (SSSR count). The van der Waals surface area contributed by atoms with Crippen molar-refractivity contribution >= 4 is 21.6 Å². The minimum atomic E-state index is -3.93. The summed E-state index contributed by atoms with van der Waals surface area (Å²) >= 11 is 0. The van der Waals surface area contributed by atoms with Crippen molar-refractivity contribution in [2.75, 3.05) is 11.8 Å². The van der Waals surface area contributed by atoms with Gasteiger partial charge in [-0.3, -0.25) is 14.5 Å². The highest BCUT2D eigenvalue weighted by Gasteiger charge is 2.22. The van der Waals surface area contributed by atoms with Gasteiger partial charge < -0.3 is 10.1 Å². The van der Waals surface area contributed by atoms with Crippen LogP contribution in [0.5, 0.6) is 5.75 Å². The molecule has 0 radical (unpaired) electrons. The third kappa shape index (κ3) is 5.40. The lowest BCUT2D eigenvalue weighted by Crippen LogP contribution is -2.29. The summed E-state index contributed by atoms with van der Waals surface area (Å²) in [6, 6.07) is 17.1. The predicted molar refractivity (Wildman–Crippen MR) is 122 cm³/mol. The molecule has 1 aromatic heterocycles. The molecule has 0 aliphatic carbocycles. The molecule has 0 aliphatic heterocycles. The molecule has 2 aromatic carbocycles. The summed E-state index contributed by atoms with van der Waals surface area (Å²) in [7, 11) is -2.44. The van der Waals surface area contributed by atoms with Gasteiger partial charge in [0.1, 0.15) is 10.6 Å².